The Hall–Kier alpha value is -5.66. The van der Waals surface area contributed by atoms with Gasteiger partial charge in [-0.15, -0.1) is 18.2 Å². The zero-order valence-electron chi connectivity index (χ0n) is 39.7. The van der Waals surface area contributed by atoms with Gasteiger partial charge in [-0.1, -0.05) is 105 Å². The molecule has 0 aliphatic heterocycles. The van der Waals surface area contributed by atoms with E-state index in [1.165, 1.54) is 33.5 Å². The van der Waals surface area contributed by atoms with Crippen LogP contribution < -0.4 is 4.40 Å². The number of furan rings is 1. The van der Waals surface area contributed by atoms with Crippen molar-refractivity contribution in [2.24, 2.45) is 5.92 Å². The van der Waals surface area contributed by atoms with Crippen molar-refractivity contribution in [3.8, 4) is 39.5 Å². The Morgan fingerprint density at radius 2 is 1.33 bits per heavy atom. The molecule has 7 heteroatoms. The number of fused-ring (bicyclic) bond motifs is 6. The molecule has 4 aromatic heterocycles. The van der Waals surface area contributed by atoms with Crippen molar-refractivity contribution in [1.29, 1.82) is 0 Å². The zero-order valence-corrected chi connectivity index (χ0v) is 44.2. The van der Waals surface area contributed by atoms with E-state index >= 15 is 0 Å². The zero-order chi connectivity index (χ0) is 45.6. The van der Waals surface area contributed by atoms with Crippen molar-refractivity contribution in [3.63, 3.8) is 0 Å². The molecule has 10 rings (SSSR count). The molecule has 1 radical (unpaired) electrons. The van der Waals surface area contributed by atoms with E-state index < -0.39 is 13.3 Å². The summed E-state index contributed by atoms with van der Waals surface area (Å²) < 4.78 is 10.5. The van der Waals surface area contributed by atoms with Crippen molar-refractivity contribution in [2.75, 3.05) is 0 Å². The monoisotopic (exact) mass is 1110 g/mol. The SMILES string of the molecule is CC(C)Cc1cc(-c2[c-]cccc2)nc[c]1[Ge]([CH3])([CH3])[CH3].Cc1nc2ccccc2c2nc(-c3[c-]ccc4c3oc3ccccc34)n(-c3c(C(C)C)cc(-c4ccccc4)cc3C(C)C)c12.[Ir]. The molecule has 0 N–H and O–H groups in total. The van der Waals surface area contributed by atoms with Crippen molar-refractivity contribution in [1.82, 2.24) is 19.5 Å². The minimum Gasteiger partial charge on any atom is -0.501 e. The number of para-hydroxylation sites is 2. The summed E-state index contributed by atoms with van der Waals surface area (Å²) in [6, 6.07) is 53.2. The molecule has 6 aromatic carbocycles. The average molecular weight is 1100 g/mol. The molecule has 66 heavy (non-hydrogen) atoms. The quantitative estimate of drug-likeness (QED) is 0.107. The van der Waals surface area contributed by atoms with E-state index in [9.17, 15) is 0 Å². The number of hydrogen-bond donors (Lipinski definition) is 0. The van der Waals surface area contributed by atoms with Gasteiger partial charge in [-0.05, 0) is 65.3 Å². The number of rotatable bonds is 9. The van der Waals surface area contributed by atoms with Crippen LogP contribution in [0.2, 0.25) is 17.3 Å². The van der Waals surface area contributed by atoms with E-state index in [2.05, 4.69) is 180 Å². The Bertz CT molecular complexity index is 3300. The third-order valence-electron chi connectivity index (χ3n) is 12.4. The fourth-order valence-corrected chi connectivity index (χ4v) is 12.6. The van der Waals surface area contributed by atoms with Gasteiger partial charge in [0.05, 0.1) is 33.7 Å². The maximum atomic E-state index is 6.57. The van der Waals surface area contributed by atoms with Crippen molar-refractivity contribution >= 4 is 61.5 Å². The summed E-state index contributed by atoms with van der Waals surface area (Å²) in [7, 11) is 0. The maximum Gasteiger partial charge on any atom is 0.120 e. The molecule has 0 unspecified atom stereocenters. The van der Waals surface area contributed by atoms with Crippen molar-refractivity contribution < 1.29 is 24.5 Å². The van der Waals surface area contributed by atoms with Crippen LogP contribution >= 0.6 is 0 Å². The summed E-state index contributed by atoms with van der Waals surface area (Å²) in [4.78, 5) is 15.3. The summed E-state index contributed by atoms with van der Waals surface area (Å²) in [5.41, 5.74) is 16.1. The molecule has 0 aliphatic carbocycles. The Labute approximate surface area is 406 Å². The third kappa shape index (κ3) is 9.08. The molecule has 335 valence electrons. The second-order valence-electron chi connectivity index (χ2n) is 19.4. The first kappa shape index (κ1) is 46.9. The normalized spacial score (nSPS) is 11.8. The van der Waals surface area contributed by atoms with E-state index in [0.29, 0.717) is 5.92 Å². The molecule has 0 saturated heterocycles. The van der Waals surface area contributed by atoms with E-state index in [4.69, 9.17) is 19.4 Å². The molecule has 10 aromatic rings. The van der Waals surface area contributed by atoms with Crippen LogP contribution in [0.5, 0.6) is 0 Å². The Balaban J connectivity index is 0.000000238. The minimum absolute atomic E-state index is 0. The molecule has 0 saturated carbocycles. The molecule has 4 heterocycles. The first-order valence-corrected chi connectivity index (χ1v) is 30.4. The number of hydrogen-bond acceptors (Lipinski definition) is 4. The molecule has 0 spiro atoms. The predicted octanol–water partition coefficient (Wildman–Crippen LogP) is 15.5. The number of benzene rings is 6. The van der Waals surface area contributed by atoms with E-state index in [0.717, 1.165) is 78.6 Å². The first-order valence-electron chi connectivity index (χ1n) is 23.1. The smallest absolute Gasteiger partial charge is 0.120 e. The van der Waals surface area contributed by atoms with Gasteiger partial charge in [0, 0.05) is 36.6 Å². The van der Waals surface area contributed by atoms with Gasteiger partial charge in [-0.25, -0.2) is 0 Å². The fraction of sp³-hybridized carbons (Fsp3) is 0.237. The molecule has 0 fully saturated rings. The van der Waals surface area contributed by atoms with Crippen LogP contribution in [0.25, 0.3) is 83.3 Å². The number of aryl methyl sites for hydroxylation is 1. The van der Waals surface area contributed by atoms with Crippen molar-refractivity contribution in [3.05, 3.63) is 174 Å². The van der Waals surface area contributed by atoms with Gasteiger partial charge >= 0.3 is 126 Å². The van der Waals surface area contributed by atoms with Gasteiger partial charge in [0.15, 0.2) is 0 Å². The number of aromatic nitrogens is 4. The van der Waals surface area contributed by atoms with Crippen molar-refractivity contribution in [2.45, 2.75) is 84.0 Å². The van der Waals surface area contributed by atoms with Gasteiger partial charge < -0.3 is 8.98 Å². The second-order valence-corrected chi connectivity index (χ2v) is 30.0. The molecular weight excluding hydrogens is 1050 g/mol. The molecule has 5 nitrogen and oxygen atoms in total. The molecule has 0 bridgehead atoms. The Morgan fingerprint density at radius 3 is 2.00 bits per heavy atom. The standard InChI is InChI=1S/C41H34N3O.C18H24GeN.Ir/c1-24(2)33-22-28(27-14-7-6-8-15-27)23-34(25(3)4)39(33)44-38-26(5)42-35-20-11-9-17-31(35)37(38)43-41(44)32-19-13-18-30-29-16-10-12-21-36(29)45-40(30)32;1-14(2)11-16-12-18(15-9-7-6-8-10-15)20-13-17(16)19(3,4)5;/h6-18,20-25H,1-5H3;6-9,12-14H,11H2,1-5H3;/q2*-1;. The topological polar surface area (TPSA) is 56.7 Å². The summed E-state index contributed by atoms with van der Waals surface area (Å²) in [5.74, 6) is 9.32. The van der Waals surface area contributed by atoms with Gasteiger partial charge in [0.1, 0.15) is 5.58 Å². The van der Waals surface area contributed by atoms with Crippen LogP contribution in [0.4, 0.5) is 0 Å². The van der Waals surface area contributed by atoms with E-state index in [1.807, 2.05) is 42.5 Å². The molecule has 0 amide bonds. The van der Waals surface area contributed by atoms with Gasteiger partial charge in [0.2, 0.25) is 0 Å². The van der Waals surface area contributed by atoms with Crippen LogP contribution in [0.15, 0.2) is 144 Å². The van der Waals surface area contributed by atoms with Gasteiger partial charge in [-0.2, -0.15) is 0 Å². The van der Waals surface area contributed by atoms with E-state index in [-0.39, 0.29) is 31.9 Å². The summed E-state index contributed by atoms with van der Waals surface area (Å²) in [5, 5.41) is 3.19. The van der Waals surface area contributed by atoms with Gasteiger partial charge in [0.25, 0.3) is 0 Å². The average Bonchev–Trinajstić information content (AvgIpc) is 3.89. The Morgan fingerprint density at radius 1 is 0.667 bits per heavy atom. The predicted molar refractivity (Wildman–Crippen MR) is 276 cm³/mol. The molecule has 0 aliphatic rings. The van der Waals surface area contributed by atoms with Gasteiger partial charge in [-0.3, -0.25) is 9.97 Å². The van der Waals surface area contributed by atoms with Crippen LogP contribution in [0, 0.1) is 25.0 Å². The maximum absolute atomic E-state index is 6.57. The van der Waals surface area contributed by atoms with Crippen LogP contribution in [-0.2, 0) is 26.5 Å². The summed E-state index contributed by atoms with van der Waals surface area (Å²) >= 11 is -1.86. The minimum atomic E-state index is -1.86. The van der Waals surface area contributed by atoms with Crippen LogP contribution in [0.1, 0.15) is 75.8 Å². The number of nitrogens with zero attached hydrogens (tertiary/aromatic N) is 4. The largest absolute Gasteiger partial charge is 0.501 e. The second kappa shape index (κ2) is 19.3. The van der Waals surface area contributed by atoms with Crippen LogP contribution in [-0.4, -0.2) is 32.8 Å². The van der Waals surface area contributed by atoms with Crippen LogP contribution in [0.3, 0.4) is 0 Å². The number of imidazole rings is 1. The summed E-state index contributed by atoms with van der Waals surface area (Å²) in [6.45, 7) is 15.8. The Kier molecular flexibility index (Phi) is 13.7. The molecule has 0 atom stereocenters. The third-order valence-corrected chi connectivity index (χ3v) is 16.7. The molecular formula is C59H58GeIrN4O-2. The number of pyridine rings is 2. The summed E-state index contributed by atoms with van der Waals surface area (Å²) in [6.07, 6.45) is 3.27. The first-order chi connectivity index (χ1) is 31.3. The fourth-order valence-electron chi connectivity index (χ4n) is 9.29. The van der Waals surface area contributed by atoms with E-state index in [1.54, 1.807) is 4.40 Å².